The molecule has 0 aromatic heterocycles. The highest BCUT2D eigenvalue weighted by Crippen LogP contribution is 2.39. The molecule has 0 bridgehead atoms. The minimum Gasteiger partial charge on any atom is -0.457 e. The molecule has 14 heteroatoms. The molecule has 0 saturated heterocycles. The Hall–Kier alpha value is -2.97. The number of alkyl halides is 9. The summed E-state index contributed by atoms with van der Waals surface area (Å²) in [5.41, 5.74) is -10.5. The number of hydrogen-bond donors (Lipinski definition) is 2. The first-order chi connectivity index (χ1) is 17.4. The molecule has 3 aromatic carbocycles. The van der Waals surface area contributed by atoms with Crippen molar-refractivity contribution in [3.05, 3.63) is 89.2 Å². The first kappa shape index (κ1) is 29.6. The summed E-state index contributed by atoms with van der Waals surface area (Å²) < 4.78 is 138. The van der Waals surface area contributed by atoms with Crippen molar-refractivity contribution in [3.8, 4) is 11.5 Å². The maximum atomic E-state index is 14.6. The highest BCUT2D eigenvalue weighted by atomic mass is 32.2. The molecule has 206 valence electrons. The first-order valence-electron chi connectivity index (χ1n) is 10.4. The molecule has 3 nitrogen and oxygen atoms in total. The molecule has 2 atom stereocenters. The zero-order valence-corrected chi connectivity index (χ0v) is 19.8. The van der Waals surface area contributed by atoms with E-state index in [4.69, 9.17) is 4.74 Å². The van der Waals surface area contributed by atoms with E-state index in [0.717, 1.165) is 18.2 Å². The molecule has 38 heavy (non-hydrogen) atoms. The molecule has 0 aliphatic carbocycles. The van der Waals surface area contributed by atoms with Gasteiger partial charge < -0.3 is 9.84 Å². The van der Waals surface area contributed by atoms with Crippen LogP contribution in [-0.4, -0.2) is 22.5 Å². The van der Waals surface area contributed by atoms with E-state index in [2.05, 4.69) is 0 Å². The molecule has 0 aliphatic heterocycles. The van der Waals surface area contributed by atoms with Crippen LogP contribution in [0.2, 0.25) is 0 Å². The number of thioether (sulfide) groups is 1. The molecule has 0 radical (unpaired) electrons. The highest BCUT2D eigenvalue weighted by molar-refractivity contribution is 8.00. The van der Waals surface area contributed by atoms with Crippen LogP contribution in [0.3, 0.4) is 0 Å². The summed E-state index contributed by atoms with van der Waals surface area (Å²) in [5, 5.41) is 11.7. The largest absolute Gasteiger partial charge is 0.457 e. The maximum absolute atomic E-state index is 14.6. The Labute approximate surface area is 213 Å². The van der Waals surface area contributed by atoms with Crippen molar-refractivity contribution in [2.45, 2.75) is 41.4 Å². The molecule has 3 aromatic rings. The number of benzene rings is 3. The zero-order chi connectivity index (χ0) is 28.5. The van der Waals surface area contributed by atoms with Crippen molar-refractivity contribution < 1.29 is 53.7 Å². The average Bonchev–Trinajstić information content (AvgIpc) is 2.76. The Morgan fingerprint density at radius 1 is 0.816 bits per heavy atom. The lowest BCUT2D eigenvalue weighted by Gasteiger charge is -2.33. The van der Waals surface area contributed by atoms with Gasteiger partial charge in [-0.25, -0.2) is 4.39 Å². The van der Waals surface area contributed by atoms with Gasteiger partial charge in [-0.1, -0.05) is 18.2 Å². The molecule has 0 saturated carbocycles. The van der Waals surface area contributed by atoms with Crippen LogP contribution in [0.25, 0.3) is 0 Å². The molecular weight excluding hydrogens is 556 g/mol. The van der Waals surface area contributed by atoms with Crippen molar-refractivity contribution in [2.24, 2.45) is 0 Å². The van der Waals surface area contributed by atoms with Crippen molar-refractivity contribution in [1.29, 1.82) is 0 Å². The second-order valence-electron chi connectivity index (χ2n) is 8.08. The van der Waals surface area contributed by atoms with Crippen LogP contribution in [0.5, 0.6) is 11.5 Å². The van der Waals surface area contributed by atoms with Gasteiger partial charge >= 0.3 is 17.9 Å². The predicted octanol–water partition coefficient (Wildman–Crippen LogP) is 8.20. The monoisotopic (exact) mass is 573 g/mol. The van der Waals surface area contributed by atoms with Crippen molar-refractivity contribution in [3.63, 3.8) is 0 Å². The third-order valence-electron chi connectivity index (χ3n) is 5.10. The smallest absolute Gasteiger partial charge is 0.446 e. The van der Waals surface area contributed by atoms with Crippen molar-refractivity contribution in [2.75, 3.05) is 0 Å². The molecule has 0 heterocycles. The molecule has 0 spiro atoms. The second kappa shape index (κ2) is 10.7. The van der Waals surface area contributed by atoms with Gasteiger partial charge in [-0.2, -0.15) is 39.5 Å². The standard InChI is InChI=1S/C24H17F10NO2S/c1-21(36,23(29,30)31)35-20(18-11-14(22(26,27)28)7-10-19(18)25)13-5-8-15(9-6-13)37-16-3-2-4-17(12-16)38-24(32,33)34/h2-12,20,35-36H,1H3. The Kier molecular flexibility index (Phi) is 8.29. The fraction of sp³-hybridized carbons (Fsp3) is 0.250. The average molecular weight is 573 g/mol. The summed E-state index contributed by atoms with van der Waals surface area (Å²) in [5.74, 6) is -1.27. The van der Waals surface area contributed by atoms with Gasteiger partial charge in [0.2, 0.25) is 5.72 Å². The summed E-state index contributed by atoms with van der Waals surface area (Å²) in [6.07, 6.45) is -10.2. The minimum absolute atomic E-state index is 0.00811. The van der Waals surface area contributed by atoms with E-state index in [1.807, 2.05) is 0 Å². The normalized spacial score (nSPS) is 15.2. The van der Waals surface area contributed by atoms with Gasteiger partial charge in [0.05, 0.1) is 11.6 Å². The summed E-state index contributed by atoms with van der Waals surface area (Å²) in [7, 11) is 0. The van der Waals surface area contributed by atoms with Gasteiger partial charge in [0.1, 0.15) is 17.3 Å². The summed E-state index contributed by atoms with van der Waals surface area (Å²) in [4.78, 5) is -0.176. The number of aliphatic hydroxyl groups is 1. The number of rotatable bonds is 7. The quantitative estimate of drug-likeness (QED) is 0.170. The van der Waals surface area contributed by atoms with E-state index in [9.17, 15) is 49.0 Å². The molecule has 2 N–H and O–H groups in total. The van der Waals surface area contributed by atoms with E-state index in [0.29, 0.717) is 25.1 Å². The summed E-state index contributed by atoms with van der Waals surface area (Å²) >= 11 is -0.379. The van der Waals surface area contributed by atoms with E-state index in [1.165, 1.54) is 30.3 Å². The number of nitrogens with one attached hydrogen (secondary N) is 1. The molecule has 2 unspecified atom stereocenters. The van der Waals surface area contributed by atoms with Crippen LogP contribution in [0, 0.1) is 5.82 Å². The predicted molar refractivity (Wildman–Crippen MR) is 118 cm³/mol. The Morgan fingerprint density at radius 3 is 2.00 bits per heavy atom. The molecule has 3 rings (SSSR count). The zero-order valence-electron chi connectivity index (χ0n) is 19.0. The van der Waals surface area contributed by atoms with Crippen molar-refractivity contribution in [1.82, 2.24) is 5.32 Å². The third kappa shape index (κ3) is 7.54. The van der Waals surface area contributed by atoms with E-state index >= 15 is 0 Å². The molecule has 0 amide bonds. The lowest BCUT2D eigenvalue weighted by atomic mass is 9.95. The third-order valence-corrected chi connectivity index (χ3v) is 5.82. The topological polar surface area (TPSA) is 41.5 Å². The van der Waals surface area contributed by atoms with Crippen LogP contribution < -0.4 is 10.1 Å². The fourth-order valence-corrected chi connectivity index (χ4v) is 3.83. The van der Waals surface area contributed by atoms with E-state index in [-0.39, 0.29) is 33.7 Å². The van der Waals surface area contributed by atoms with Crippen LogP contribution in [0.1, 0.15) is 29.7 Å². The van der Waals surface area contributed by atoms with Gasteiger partial charge in [0.25, 0.3) is 0 Å². The molecule has 0 aliphatic rings. The van der Waals surface area contributed by atoms with Crippen LogP contribution in [-0.2, 0) is 6.18 Å². The Balaban J connectivity index is 1.97. The molecular formula is C24H17F10NO2S. The number of ether oxygens (including phenoxy) is 1. The highest BCUT2D eigenvalue weighted by Gasteiger charge is 2.51. The van der Waals surface area contributed by atoms with E-state index < -0.39 is 46.6 Å². The van der Waals surface area contributed by atoms with Crippen LogP contribution in [0.4, 0.5) is 43.9 Å². The van der Waals surface area contributed by atoms with Gasteiger partial charge in [-0.3, -0.25) is 5.32 Å². The fourth-order valence-electron chi connectivity index (χ4n) is 3.24. The second-order valence-corrected chi connectivity index (χ2v) is 9.21. The Morgan fingerprint density at radius 2 is 1.45 bits per heavy atom. The Bertz CT molecular complexity index is 1250. The maximum Gasteiger partial charge on any atom is 0.446 e. The van der Waals surface area contributed by atoms with Crippen LogP contribution in [0.15, 0.2) is 71.6 Å². The lowest BCUT2D eigenvalue weighted by molar-refractivity contribution is -0.267. The van der Waals surface area contributed by atoms with Gasteiger partial charge in [0.15, 0.2) is 0 Å². The van der Waals surface area contributed by atoms with E-state index in [1.54, 1.807) is 5.32 Å². The van der Waals surface area contributed by atoms with Gasteiger partial charge in [-0.15, -0.1) is 0 Å². The SMILES string of the molecule is CC(O)(NC(c1ccc(Oc2cccc(SC(F)(F)F)c2)cc1)c1cc(C(F)(F)F)ccc1F)C(F)(F)F. The van der Waals surface area contributed by atoms with Gasteiger partial charge in [0, 0.05) is 10.5 Å². The van der Waals surface area contributed by atoms with Crippen molar-refractivity contribution >= 4 is 11.8 Å². The molecule has 0 fully saturated rings. The lowest BCUT2D eigenvalue weighted by Crippen LogP contribution is -2.55. The van der Waals surface area contributed by atoms with Gasteiger partial charge in [-0.05, 0) is 72.8 Å². The first-order valence-corrected chi connectivity index (χ1v) is 11.2. The summed E-state index contributed by atoms with van der Waals surface area (Å²) in [6, 6.07) is 8.75. The summed E-state index contributed by atoms with van der Waals surface area (Å²) in [6.45, 7) is 0.314. The van der Waals surface area contributed by atoms with Crippen LogP contribution >= 0.6 is 11.8 Å². The number of halogens is 10. The minimum atomic E-state index is -5.29. The number of hydrogen-bond acceptors (Lipinski definition) is 4.